The number of phenols is 1. The van der Waals surface area contributed by atoms with Gasteiger partial charge in [-0.3, -0.25) is 19.3 Å². The van der Waals surface area contributed by atoms with Gasteiger partial charge in [-0.2, -0.15) is 0 Å². The van der Waals surface area contributed by atoms with Gasteiger partial charge in [0.1, 0.15) is 6.54 Å². The van der Waals surface area contributed by atoms with Crippen molar-refractivity contribution in [1.82, 2.24) is 10.2 Å². The summed E-state index contributed by atoms with van der Waals surface area (Å²) in [7, 11) is 0. The molecular formula is C19H22N2O6S. The molecule has 2 aliphatic heterocycles. The lowest BCUT2D eigenvalue weighted by Crippen LogP contribution is -2.41. The van der Waals surface area contributed by atoms with Crippen molar-refractivity contribution in [3.05, 3.63) is 28.7 Å². The molecule has 150 valence electrons. The lowest BCUT2D eigenvalue weighted by atomic mass is 10.1. The number of hydrogen-bond acceptors (Lipinski definition) is 7. The van der Waals surface area contributed by atoms with Crippen LogP contribution in [0.4, 0.5) is 4.79 Å². The second-order valence-electron chi connectivity index (χ2n) is 6.33. The smallest absolute Gasteiger partial charge is 0.294 e. The Balaban J connectivity index is 1.65. The van der Waals surface area contributed by atoms with E-state index in [0.717, 1.165) is 29.5 Å². The van der Waals surface area contributed by atoms with Crippen molar-refractivity contribution in [2.45, 2.75) is 25.9 Å². The van der Waals surface area contributed by atoms with Gasteiger partial charge in [0.25, 0.3) is 11.1 Å². The molecule has 1 aromatic rings. The van der Waals surface area contributed by atoms with Crippen LogP contribution in [0.3, 0.4) is 0 Å². The lowest BCUT2D eigenvalue weighted by molar-refractivity contribution is -0.129. The topological polar surface area (TPSA) is 105 Å². The first-order valence-corrected chi connectivity index (χ1v) is 9.89. The summed E-state index contributed by atoms with van der Waals surface area (Å²) in [4.78, 5) is 37.8. The fraction of sp³-hybridized carbons (Fsp3) is 0.421. The van der Waals surface area contributed by atoms with Gasteiger partial charge in [-0.1, -0.05) is 12.1 Å². The second kappa shape index (κ2) is 9.11. The zero-order valence-corrected chi connectivity index (χ0v) is 16.3. The average Bonchev–Trinajstić information content (AvgIpc) is 3.28. The van der Waals surface area contributed by atoms with Gasteiger partial charge in [0, 0.05) is 18.7 Å². The Morgan fingerprint density at radius 3 is 3.00 bits per heavy atom. The molecule has 3 rings (SSSR count). The molecule has 3 amide bonds. The van der Waals surface area contributed by atoms with Gasteiger partial charge in [0.05, 0.1) is 17.6 Å². The van der Waals surface area contributed by atoms with E-state index in [1.165, 1.54) is 6.08 Å². The molecule has 0 spiro atoms. The molecule has 2 N–H and O–H groups in total. The van der Waals surface area contributed by atoms with Gasteiger partial charge in [-0.05, 0) is 43.7 Å². The van der Waals surface area contributed by atoms with Crippen LogP contribution in [0.2, 0.25) is 0 Å². The third-order valence-corrected chi connectivity index (χ3v) is 5.25. The van der Waals surface area contributed by atoms with Crippen molar-refractivity contribution in [2.75, 3.05) is 26.3 Å². The van der Waals surface area contributed by atoms with E-state index in [9.17, 15) is 19.5 Å². The average molecular weight is 406 g/mol. The van der Waals surface area contributed by atoms with E-state index in [1.807, 2.05) is 0 Å². The number of amides is 3. The second-order valence-corrected chi connectivity index (χ2v) is 7.33. The Kier molecular flexibility index (Phi) is 6.58. The maximum Gasteiger partial charge on any atom is 0.294 e. The Bertz CT molecular complexity index is 804. The summed E-state index contributed by atoms with van der Waals surface area (Å²) in [6.07, 6.45) is 3.26. The van der Waals surface area contributed by atoms with E-state index >= 15 is 0 Å². The van der Waals surface area contributed by atoms with E-state index in [-0.39, 0.29) is 23.3 Å². The quantitative estimate of drug-likeness (QED) is 0.668. The molecule has 0 saturated carbocycles. The minimum absolute atomic E-state index is 0.0145. The number of benzene rings is 1. The minimum Gasteiger partial charge on any atom is -0.504 e. The standard InChI is InChI=1S/C19H22N2O6S/c1-2-26-14-7-3-5-12(17(14)23)9-15-18(24)21(19(25)28-15)11-16(22)20-10-13-6-4-8-27-13/h3,5,7,9,13,23H,2,4,6,8,10-11H2,1H3,(H,20,22)/b15-9-/t13-/m0/s1. The molecular weight excluding hydrogens is 384 g/mol. The molecule has 8 nitrogen and oxygen atoms in total. The van der Waals surface area contributed by atoms with Crippen molar-refractivity contribution < 1.29 is 29.0 Å². The Labute approximate surface area is 166 Å². The van der Waals surface area contributed by atoms with E-state index in [0.29, 0.717) is 31.1 Å². The number of para-hydroxylation sites is 1. The van der Waals surface area contributed by atoms with Crippen LogP contribution in [0.5, 0.6) is 11.5 Å². The first-order valence-electron chi connectivity index (χ1n) is 9.08. The van der Waals surface area contributed by atoms with Crippen LogP contribution < -0.4 is 10.1 Å². The number of phenolic OH excluding ortho intramolecular Hbond substituents is 1. The number of aromatic hydroxyl groups is 1. The van der Waals surface area contributed by atoms with Gasteiger partial charge < -0.3 is 19.9 Å². The molecule has 2 heterocycles. The maximum absolute atomic E-state index is 12.5. The third-order valence-electron chi connectivity index (χ3n) is 4.34. The monoisotopic (exact) mass is 406 g/mol. The summed E-state index contributed by atoms with van der Waals surface area (Å²) in [6.45, 7) is 2.88. The van der Waals surface area contributed by atoms with Crippen LogP contribution in [-0.4, -0.2) is 59.5 Å². The SMILES string of the molecule is CCOc1cccc(/C=C2\SC(=O)N(CC(=O)NC[C@@H]3CCCO3)C2=O)c1O. The van der Waals surface area contributed by atoms with Gasteiger partial charge in [-0.15, -0.1) is 0 Å². The Morgan fingerprint density at radius 1 is 1.46 bits per heavy atom. The Morgan fingerprint density at radius 2 is 2.29 bits per heavy atom. The summed E-state index contributed by atoms with van der Waals surface area (Å²) >= 11 is 0.732. The molecule has 0 aromatic heterocycles. The summed E-state index contributed by atoms with van der Waals surface area (Å²) in [5, 5.41) is 12.4. The van der Waals surface area contributed by atoms with Gasteiger partial charge >= 0.3 is 0 Å². The zero-order chi connectivity index (χ0) is 20.1. The van der Waals surface area contributed by atoms with Crippen LogP contribution >= 0.6 is 11.8 Å². The van der Waals surface area contributed by atoms with Gasteiger partial charge in [0.2, 0.25) is 5.91 Å². The zero-order valence-electron chi connectivity index (χ0n) is 15.5. The van der Waals surface area contributed by atoms with Crippen LogP contribution in [0.1, 0.15) is 25.3 Å². The number of imide groups is 1. The van der Waals surface area contributed by atoms with Crippen molar-refractivity contribution in [1.29, 1.82) is 0 Å². The van der Waals surface area contributed by atoms with Crippen LogP contribution in [0.15, 0.2) is 23.1 Å². The molecule has 0 aliphatic carbocycles. The summed E-state index contributed by atoms with van der Waals surface area (Å²) in [6, 6.07) is 4.90. The number of thioether (sulfide) groups is 1. The highest BCUT2D eigenvalue weighted by Gasteiger charge is 2.36. The number of nitrogens with zero attached hydrogens (tertiary/aromatic N) is 1. The maximum atomic E-state index is 12.5. The summed E-state index contributed by atoms with van der Waals surface area (Å²) in [5.41, 5.74) is 0.360. The molecule has 0 bridgehead atoms. The van der Waals surface area contributed by atoms with Crippen molar-refractivity contribution in [3.63, 3.8) is 0 Å². The van der Waals surface area contributed by atoms with Gasteiger partial charge in [0.15, 0.2) is 11.5 Å². The van der Waals surface area contributed by atoms with Crippen LogP contribution in [0, 0.1) is 0 Å². The predicted octanol–water partition coefficient (Wildman–Crippen LogP) is 2.12. The molecule has 9 heteroatoms. The fourth-order valence-electron chi connectivity index (χ4n) is 2.94. The highest BCUT2D eigenvalue weighted by Crippen LogP contribution is 2.36. The summed E-state index contributed by atoms with van der Waals surface area (Å²) in [5.74, 6) is -0.793. The first-order chi connectivity index (χ1) is 13.5. The number of rotatable bonds is 7. The van der Waals surface area contributed by atoms with Crippen LogP contribution in [0.25, 0.3) is 6.08 Å². The van der Waals surface area contributed by atoms with E-state index in [4.69, 9.17) is 9.47 Å². The minimum atomic E-state index is -0.566. The van der Waals surface area contributed by atoms with Crippen molar-refractivity contribution in [2.24, 2.45) is 0 Å². The lowest BCUT2D eigenvalue weighted by Gasteiger charge is -2.14. The van der Waals surface area contributed by atoms with Crippen LogP contribution in [-0.2, 0) is 14.3 Å². The number of hydrogen-bond donors (Lipinski definition) is 2. The number of ether oxygens (including phenoxy) is 2. The normalized spacial score (nSPS) is 20.8. The molecule has 28 heavy (non-hydrogen) atoms. The fourth-order valence-corrected chi connectivity index (χ4v) is 3.77. The Hall–Kier alpha value is -2.52. The highest BCUT2D eigenvalue weighted by molar-refractivity contribution is 8.18. The predicted molar refractivity (Wildman–Crippen MR) is 104 cm³/mol. The molecule has 2 saturated heterocycles. The molecule has 1 aromatic carbocycles. The number of carbonyl (C=O) groups excluding carboxylic acids is 3. The number of carbonyl (C=O) groups is 3. The van der Waals surface area contributed by atoms with Crippen molar-refractivity contribution >= 4 is 34.9 Å². The van der Waals surface area contributed by atoms with Gasteiger partial charge in [-0.25, -0.2) is 0 Å². The number of nitrogens with one attached hydrogen (secondary N) is 1. The molecule has 0 unspecified atom stereocenters. The van der Waals surface area contributed by atoms with E-state index in [1.54, 1.807) is 25.1 Å². The first kappa shape index (κ1) is 20.2. The third kappa shape index (κ3) is 4.66. The largest absolute Gasteiger partial charge is 0.504 e. The molecule has 1 atom stereocenters. The molecule has 0 radical (unpaired) electrons. The van der Waals surface area contributed by atoms with Crippen molar-refractivity contribution in [3.8, 4) is 11.5 Å². The van der Waals surface area contributed by atoms with E-state index < -0.39 is 17.1 Å². The van der Waals surface area contributed by atoms with E-state index in [2.05, 4.69) is 5.32 Å². The highest BCUT2D eigenvalue weighted by atomic mass is 32.2. The summed E-state index contributed by atoms with van der Waals surface area (Å²) < 4.78 is 10.7. The molecule has 2 fully saturated rings. The molecule has 2 aliphatic rings.